The zero-order chi connectivity index (χ0) is 36.7. The van der Waals surface area contributed by atoms with Gasteiger partial charge in [0.2, 0.25) is 0 Å². The summed E-state index contributed by atoms with van der Waals surface area (Å²) in [5.41, 5.74) is 13.7. The Kier molecular flexibility index (Phi) is 7.14. The van der Waals surface area contributed by atoms with Gasteiger partial charge >= 0.3 is 0 Å². The van der Waals surface area contributed by atoms with Crippen LogP contribution in [0.25, 0.3) is 75.1 Å². The minimum atomic E-state index is -0.101. The van der Waals surface area contributed by atoms with Gasteiger partial charge in [0.1, 0.15) is 0 Å². The Bertz CT molecular complexity index is 3120. The second kappa shape index (κ2) is 12.3. The van der Waals surface area contributed by atoms with Gasteiger partial charge in [0.05, 0.1) is 5.69 Å². The molecular formula is C53H37NS. The summed E-state index contributed by atoms with van der Waals surface area (Å²) in [4.78, 5) is 2.47. The number of fused-ring (bicyclic) bond motifs is 9. The smallest absolute Gasteiger partial charge is 0.0543 e. The molecule has 0 saturated heterocycles. The highest BCUT2D eigenvalue weighted by molar-refractivity contribution is 7.26. The van der Waals surface area contributed by atoms with Crippen LogP contribution in [0.1, 0.15) is 25.0 Å². The third kappa shape index (κ3) is 4.92. The lowest BCUT2D eigenvalue weighted by atomic mass is 9.82. The first-order chi connectivity index (χ1) is 27.0. The van der Waals surface area contributed by atoms with Crippen molar-refractivity contribution in [1.29, 1.82) is 0 Å². The lowest BCUT2D eigenvalue weighted by Gasteiger charge is -2.29. The molecule has 2 heteroatoms. The number of anilines is 3. The van der Waals surface area contributed by atoms with Crippen molar-refractivity contribution in [2.75, 3.05) is 4.90 Å². The minimum absolute atomic E-state index is 0.101. The Morgan fingerprint density at radius 1 is 0.436 bits per heavy atom. The van der Waals surface area contributed by atoms with Gasteiger partial charge in [-0.25, -0.2) is 0 Å². The average Bonchev–Trinajstić information content (AvgIpc) is 3.74. The molecule has 0 unspecified atom stereocenters. The fourth-order valence-electron chi connectivity index (χ4n) is 9.22. The van der Waals surface area contributed by atoms with Crippen LogP contribution in [0.3, 0.4) is 0 Å². The van der Waals surface area contributed by atoms with Crippen LogP contribution in [0, 0.1) is 0 Å². The van der Waals surface area contributed by atoms with Crippen molar-refractivity contribution in [3.8, 4) is 33.4 Å². The van der Waals surface area contributed by atoms with Crippen LogP contribution in [0.5, 0.6) is 0 Å². The van der Waals surface area contributed by atoms with Crippen molar-refractivity contribution < 1.29 is 0 Å². The zero-order valence-corrected chi connectivity index (χ0v) is 31.6. The molecular weight excluding hydrogens is 683 g/mol. The maximum absolute atomic E-state index is 2.47. The molecule has 0 saturated carbocycles. The molecule has 10 aromatic rings. The molecule has 9 aromatic carbocycles. The molecule has 1 nitrogen and oxygen atoms in total. The molecule has 0 fully saturated rings. The molecule has 0 bridgehead atoms. The van der Waals surface area contributed by atoms with E-state index in [1.165, 1.54) is 91.9 Å². The van der Waals surface area contributed by atoms with Crippen molar-refractivity contribution >= 4 is 70.1 Å². The fraction of sp³-hybridized carbons (Fsp3) is 0.0566. The Labute approximate surface area is 325 Å². The van der Waals surface area contributed by atoms with Gasteiger partial charge in [0, 0.05) is 42.5 Å². The monoisotopic (exact) mass is 719 g/mol. The molecule has 1 aliphatic rings. The largest absolute Gasteiger partial charge is 0.310 e. The number of hydrogen-bond donors (Lipinski definition) is 0. The number of hydrogen-bond acceptors (Lipinski definition) is 2. The summed E-state index contributed by atoms with van der Waals surface area (Å²) in [6, 6.07) is 69.5. The maximum Gasteiger partial charge on any atom is 0.0543 e. The van der Waals surface area contributed by atoms with Crippen molar-refractivity contribution in [3.63, 3.8) is 0 Å². The SMILES string of the molecule is CC1(C)c2ccccc2-c2c(N(c3ccc(-c4cccc5c4sc4ccc6ccccc6c45)cc3)c3cccc(-c4cccc5ccccc45)c3)cccc21. The zero-order valence-electron chi connectivity index (χ0n) is 30.8. The molecule has 1 aromatic heterocycles. The van der Waals surface area contributed by atoms with E-state index in [0.717, 1.165) is 11.4 Å². The van der Waals surface area contributed by atoms with Crippen molar-refractivity contribution in [2.24, 2.45) is 0 Å². The van der Waals surface area contributed by atoms with E-state index in [4.69, 9.17) is 0 Å². The molecule has 0 amide bonds. The summed E-state index contributed by atoms with van der Waals surface area (Å²) < 4.78 is 2.66. The minimum Gasteiger partial charge on any atom is -0.310 e. The topological polar surface area (TPSA) is 3.24 Å². The predicted molar refractivity (Wildman–Crippen MR) is 237 cm³/mol. The van der Waals surface area contributed by atoms with Gasteiger partial charge in [-0.2, -0.15) is 0 Å². The summed E-state index contributed by atoms with van der Waals surface area (Å²) >= 11 is 1.90. The summed E-state index contributed by atoms with van der Waals surface area (Å²) in [5.74, 6) is 0. The highest BCUT2D eigenvalue weighted by atomic mass is 32.1. The number of benzene rings is 9. The second-order valence-corrected chi connectivity index (χ2v) is 16.3. The van der Waals surface area contributed by atoms with Gasteiger partial charge in [0.15, 0.2) is 0 Å². The van der Waals surface area contributed by atoms with E-state index < -0.39 is 0 Å². The van der Waals surface area contributed by atoms with E-state index in [1.54, 1.807) is 0 Å². The number of nitrogens with zero attached hydrogens (tertiary/aromatic N) is 1. The van der Waals surface area contributed by atoms with E-state index >= 15 is 0 Å². The Morgan fingerprint density at radius 2 is 1.07 bits per heavy atom. The van der Waals surface area contributed by atoms with E-state index in [9.17, 15) is 0 Å². The highest BCUT2D eigenvalue weighted by Gasteiger charge is 2.37. The molecule has 0 aliphatic heterocycles. The Balaban J connectivity index is 1.10. The molecule has 0 radical (unpaired) electrons. The van der Waals surface area contributed by atoms with Gasteiger partial charge in [-0.3, -0.25) is 0 Å². The number of thiophene rings is 1. The van der Waals surface area contributed by atoms with Crippen LogP contribution in [-0.2, 0) is 5.41 Å². The molecule has 0 spiro atoms. The third-order valence-electron chi connectivity index (χ3n) is 11.9. The van der Waals surface area contributed by atoms with Crippen LogP contribution in [-0.4, -0.2) is 0 Å². The first-order valence-electron chi connectivity index (χ1n) is 19.1. The van der Waals surface area contributed by atoms with Crippen LogP contribution in [0.2, 0.25) is 0 Å². The van der Waals surface area contributed by atoms with E-state index in [1.807, 2.05) is 11.3 Å². The molecule has 0 N–H and O–H groups in total. The van der Waals surface area contributed by atoms with Gasteiger partial charge < -0.3 is 4.90 Å². The van der Waals surface area contributed by atoms with Gasteiger partial charge in [0.25, 0.3) is 0 Å². The van der Waals surface area contributed by atoms with Gasteiger partial charge in [-0.15, -0.1) is 11.3 Å². The predicted octanol–water partition coefficient (Wildman–Crippen LogP) is 15.5. The molecule has 11 rings (SSSR count). The average molecular weight is 720 g/mol. The Morgan fingerprint density at radius 3 is 1.95 bits per heavy atom. The normalized spacial score (nSPS) is 13.1. The molecule has 0 atom stereocenters. The van der Waals surface area contributed by atoms with Crippen molar-refractivity contribution in [3.05, 3.63) is 199 Å². The summed E-state index contributed by atoms with van der Waals surface area (Å²) in [5, 5.41) is 7.80. The van der Waals surface area contributed by atoms with Crippen molar-refractivity contribution in [1.82, 2.24) is 0 Å². The van der Waals surface area contributed by atoms with Crippen LogP contribution < -0.4 is 4.90 Å². The van der Waals surface area contributed by atoms with E-state index in [-0.39, 0.29) is 5.41 Å². The van der Waals surface area contributed by atoms with Gasteiger partial charge in [-0.05, 0) is 96.9 Å². The maximum atomic E-state index is 2.47. The van der Waals surface area contributed by atoms with Gasteiger partial charge in [-0.1, -0.05) is 166 Å². The summed E-state index contributed by atoms with van der Waals surface area (Å²) in [7, 11) is 0. The fourth-order valence-corrected chi connectivity index (χ4v) is 10.5. The highest BCUT2D eigenvalue weighted by Crippen LogP contribution is 2.54. The van der Waals surface area contributed by atoms with Crippen molar-refractivity contribution in [2.45, 2.75) is 19.3 Å². The first-order valence-corrected chi connectivity index (χ1v) is 19.9. The molecule has 1 heterocycles. The summed E-state index contributed by atoms with van der Waals surface area (Å²) in [6.45, 7) is 4.72. The van der Waals surface area contributed by atoms with Crippen LogP contribution in [0.4, 0.5) is 17.1 Å². The van der Waals surface area contributed by atoms with E-state index in [0.29, 0.717) is 0 Å². The van der Waals surface area contributed by atoms with Crippen LogP contribution in [0.15, 0.2) is 188 Å². The molecule has 260 valence electrons. The standard InChI is InChI=1S/C53H37NS/c1-53(2)46-24-8-7-20-44(46)51-47(53)25-12-26-48(51)54(39-17-9-16-37(33-39)41-21-10-15-34-13-3-5-18-40(34)41)38-30-27-36(28-31-38)43-22-11-23-45-50-42-19-6-4-14-35(42)29-32-49(50)55-52(43)45/h3-33H,1-2H3. The lowest BCUT2D eigenvalue weighted by Crippen LogP contribution is -2.16. The lowest BCUT2D eigenvalue weighted by molar-refractivity contribution is 0.660. The third-order valence-corrected chi connectivity index (χ3v) is 13.1. The number of rotatable bonds is 5. The molecule has 1 aliphatic carbocycles. The molecule has 55 heavy (non-hydrogen) atoms. The Hall–Kier alpha value is -6.48. The van der Waals surface area contributed by atoms with Crippen LogP contribution >= 0.6 is 11.3 Å². The first kappa shape index (κ1) is 32.0. The summed E-state index contributed by atoms with van der Waals surface area (Å²) in [6.07, 6.45) is 0. The quantitative estimate of drug-likeness (QED) is 0.171. The van der Waals surface area contributed by atoms with E-state index in [2.05, 4.69) is 207 Å². The second-order valence-electron chi connectivity index (χ2n) is 15.3.